The fourth-order valence-corrected chi connectivity index (χ4v) is 1.74. The Morgan fingerprint density at radius 1 is 1.36 bits per heavy atom. The van der Waals surface area contributed by atoms with Crippen molar-refractivity contribution in [1.29, 1.82) is 0 Å². The fraction of sp³-hybridized carbons (Fsp3) is 0.385. The highest BCUT2D eigenvalue weighted by atomic mass is 14.9. The molecule has 0 aliphatic heterocycles. The number of rotatable bonds is 3. The zero-order chi connectivity index (χ0) is 9.97. The van der Waals surface area contributed by atoms with Crippen molar-refractivity contribution in [3.63, 3.8) is 0 Å². The van der Waals surface area contributed by atoms with Gasteiger partial charge in [0.25, 0.3) is 0 Å². The lowest BCUT2D eigenvalue weighted by atomic mass is 10.1. The summed E-state index contributed by atoms with van der Waals surface area (Å²) in [6, 6.07) is 7.30. The van der Waals surface area contributed by atoms with Gasteiger partial charge in [0.1, 0.15) is 0 Å². The third-order valence-electron chi connectivity index (χ3n) is 2.56. The first-order chi connectivity index (χ1) is 6.75. The smallest absolute Gasteiger partial charge is 0.0207 e. The summed E-state index contributed by atoms with van der Waals surface area (Å²) < 4.78 is 0. The third kappa shape index (κ3) is 2.05. The molecule has 0 unspecified atom stereocenters. The van der Waals surface area contributed by atoms with E-state index in [1.54, 1.807) is 0 Å². The first-order valence-electron chi connectivity index (χ1n) is 5.27. The largest absolute Gasteiger partial charge is 0.310 e. The van der Waals surface area contributed by atoms with Gasteiger partial charge in [-0.1, -0.05) is 44.2 Å². The number of allylic oxidation sites excluding steroid dienone is 1. The standard InChI is InChI=1S/C13H17N/c1-10(2)14-9-11-6-7-12-4-3-5-13(12)8-11/h3-4,6-8,10,14H,5,9H2,1-2H3. The molecule has 0 aromatic heterocycles. The van der Waals surface area contributed by atoms with Gasteiger partial charge in [-0.25, -0.2) is 0 Å². The van der Waals surface area contributed by atoms with Crippen LogP contribution in [-0.2, 0) is 13.0 Å². The van der Waals surface area contributed by atoms with E-state index >= 15 is 0 Å². The summed E-state index contributed by atoms with van der Waals surface area (Å²) in [5.41, 5.74) is 4.24. The molecule has 1 aliphatic carbocycles. The van der Waals surface area contributed by atoms with E-state index in [4.69, 9.17) is 0 Å². The Kier molecular flexibility index (Phi) is 2.69. The topological polar surface area (TPSA) is 12.0 Å². The Balaban J connectivity index is 2.07. The van der Waals surface area contributed by atoms with Crippen LogP contribution in [0.25, 0.3) is 6.08 Å². The summed E-state index contributed by atoms with van der Waals surface area (Å²) in [6.45, 7) is 5.33. The van der Waals surface area contributed by atoms with Gasteiger partial charge >= 0.3 is 0 Å². The average molecular weight is 187 g/mol. The minimum atomic E-state index is 0.557. The summed E-state index contributed by atoms with van der Waals surface area (Å²) in [4.78, 5) is 0. The molecule has 0 fully saturated rings. The zero-order valence-corrected chi connectivity index (χ0v) is 8.88. The Bertz CT molecular complexity index is 350. The van der Waals surface area contributed by atoms with E-state index in [0.717, 1.165) is 13.0 Å². The molecular weight excluding hydrogens is 170 g/mol. The molecule has 0 saturated heterocycles. The predicted molar refractivity (Wildman–Crippen MR) is 61.2 cm³/mol. The van der Waals surface area contributed by atoms with Crippen LogP contribution in [0.15, 0.2) is 24.3 Å². The van der Waals surface area contributed by atoms with Gasteiger partial charge in [-0.15, -0.1) is 0 Å². The van der Waals surface area contributed by atoms with Crippen LogP contribution in [0.3, 0.4) is 0 Å². The summed E-state index contributed by atoms with van der Waals surface area (Å²) in [5, 5.41) is 3.43. The molecule has 1 heteroatoms. The second-order valence-corrected chi connectivity index (χ2v) is 4.18. The van der Waals surface area contributed by atoms with Crippen LogP contribution in [0.5, 0.6) is 0 Å². The van der Waals surface area contributed by atoms with Crippen LogP contribution in [0.4, 0.5) is 0 Å². The van der Waals surface area contributed by atoms with Crippen molar-refractivity contribution in [1.82, 2.24) is 5.32 Å². The SMILES string of the molecule is CC(C)NCc1ccc2c(c1)CC=C2. The van der Waals surface area contributed by atoms with Crippen molar-refractivity contribution in [2.75, 3.05) is 0 Å². The van der Waals surface area contributed by atoms with Crippen LogP contribution in [0.2, 0.25) is 0 Å². The number of hydrogen-bond acceptors (Lipinski definition) is 1. The van der Waals surface area contributed by atoms with Gasteiger partial charge in [0.05, 0.1) is 0 Å². The van der Waals surface area contributed by atoms with Crippen molar-refractivity contribution < 1.29 is 0 Å². The highest BCUT2D eigenvalue weighted by Crippen LogP contribution is 2.20. The quantitative estimate of drug-likeness (QED) is 0.767. The number of hydrogen-bond donors (Lipinski definition) is 1. The number of fused-ring (bicyclic) bond motifs is 1. The van der Waals surface area contributed by atoms with E-state index in [2.05, 4.69) is 49.5 Å². The Morgan fingerprint density at radius 3 is 3.00 bits per heavy atom. The second kappa shape index (κ2) is 3.97. The maximum atomic E-state index is 3.43. The van der Waals surface area contributed by atoms with Crippen LogP contribution in [0.1, 0.15) is 30.5 Å². The molecule has 0 saturated carbocycles. The van der Waals surface area contributed by atoms with Gasteiger partial charge in [0.2, 0.25) is 0 Å². The fourth-order valence-electron chi connectivity index (χ4n) is 1.74. The van der Waals surface area contributed by atoms with E-state index in [1.807, 2.05) is 0 Å². The molecule has 0 heterocycles. The van der Waals surface area contributed by atoms with Gasteiger partial charge in [-0.2, -0.15) is 0 Å². The third-order valence-corrected chi connectivity index (χ3v) is 2.56. The zero-order valence-electron chi connectivity index (χ0n) is 8.88. The van der Waals surface area contributed by atoms with Crippen molar-refractivity contribution >= 4 is 6.08 Å². The first-order valence-corrected chi connectivity index (χ1v) is 5.27. The van der Waals surface area contributed by atoms with E-state index in [0.29, 0.717) is 6.04 Å². The van der Waals surface area contributed by atoms with Crippen LogP contribution < -0.4 is 5.32 Å². The molecular formula is C13H17N. The molecule has 1 aromatic carbocycles. The highest BCUT2D eigenvalue weighted by molar-refractivity contribution is 5.60. The van der Waals surface area contributed by atoms with Gasteiger partial charge < -0.3 is 5.32 Å². The van der Waals surface area contributed by atoms with Crippen molar-refractivity contribution in [3.8, 4) is 0 Å². The highest BCUT2D eigenvalue weighted by Gasteiger charge is 2.05. The van der Waals surface area contributed by atoms with Gasteiger partial charge in [-0.05, 0) is 23.1 Å². The maximum Gasteiger partial charge on any atom is 0.0207 e. The minimum absolute atomic E-state index is 0.557. The monoisotopic (exact) mass is 187 g/mol. The van der Waals surface area contributed by atoms with Crippen molar-refractivity contribution in [3.05, 3.63) is 41.0 Å². The second-order valence-electron chi connectivity index (χ2n) is 4.18. The number of nitrogens with one attached hydrogen (secondary N) is 1. The lowest BCUT2D eigenvalue weighted by molar-refractivity contribution is 0.588. The Hall–Kier alpha value is -1.08. The molecule has 1 aromatic rings. The van der Waals surface area contributed by atoms with Crippen LogP contribution in [-0.4, -0.2) is 6.04 Å². The number of benzene rings is 1. The van der Waals surface area contributed by atoms with Gasteiger partial charge in [-0.3, -0.25) is 0 Å². The van der Waals surface area contributed by atoms with Crippen LogP contribution >= 0.6 is 0 Å². The summed E-state index contributed by atoms with van der Waals surface area (Å²) >= 11 is 0. The predicted octanol–water partition coefficient (Wildman–Crippen LogP) is 2.75. The lowest BCUT2D eigenvalue weighted by Crippen LogP contribution is -2.21. The summed E-state index contributed by atoms with van der Waals surface area (Å²) in [6.07, 6.45) is 5.53. The lowest BCUT2D eigenvalue weighted by Gasteiger charge is -2.09. The molecule has 1 N–H and O–H groups in total. The summed E-state index contributed by atoms with van der Waals surface area (Å²) in [5.74, 6) is 0. The summed E-state index contributed by atoms with van der Waals surface area (Å²) in [7, 11) is 0. The molecule has 2 rings (SSSR count). The average Bonchev–Trinajstić information content (AvgIpc) is 2.61. The molecule has 0 bridgehead atoms. The first kappa shape index (κ1) is 9.47. The molecule has 0 spiro atoms. The molecule has 1 aliphatic rings. The van der Waals surface area contributed by atoms with E-state index in [-0.39, 0.29) is 0 Å². The van der Waals surface area contributed by atoms with Gasteiger partial charge in [0, 0.05) is 12.6 Å². The molecule has 74 valence electrons. The Labute approximate surface area is 85.8 Å². The van der Waals surface area contributed by atoms with Crippen molar-refractivity contribution in [2.24, 2.45) is 0 Å². The molecule has 0 atom stereocenters. The van der Waals surface area contributed by atoms with Crippen LogP contribution in [0, 0.1) is 0 Å². The minimum Gasteiger partial charge on any atom is -0.310 e. The molecule has 0 amide bonds. The molecule has 1 nitrogen and oxygen atoms in total. The van der Waals surface area contributed by atoms with Gasteiger partial charge in [0.15, 0.2) is 0 Å². The van der Waals surface area contributed by atoms with E-state index in [1.165, 1.54) is 16.7 Å². The van der Waals surface area contributed by atoms with Crippen molar-refractivity contribution in [2.45, 2.75) is 32.9 Å². The Morgan fingerprint density at radius 2 is 2.21 bits per heavy atom. The molecule has 0 radical (unpaired) electrons. The molecule has 14 heavy (non-hydrogen) atoms. The van der Waals surface area contributed by atoms with E-state index < -0.39 is 0 Å². The maximum absolute atomic E-state index is 3.43. The normalized spacial score (nSPS) is 13.6. The van der Waals surface area contributed by atoms with E-state index in [9.17, 15) is 0 Å².